The highest BCUT2D eigenvalue weighted by atomic mass is 15.6. The molecule has 5 heteroatoms. The first-order valence-electron chi connectivity index (χ1n) is 3.81. The largest absolute Gasteiger partial charge is 0.356 e. The van der Waals surface area contributed by atoms with Gasteiger partial charge >= 0.3 is 0 Å². The summed E-state index contributed by atoms with van der Waals surface area (Å²) in [5.41, 5.74) is 3.71. The molecule has 0 saturated carbocycles. The Morgan fingerprint density at radius 1 is 1.55 bits per heavy atom. The van der Waals surface area contributed by atoms with Crippen LogP contribution < -0.4 is 5.73 Å². The maximum Gasteiger partial charge on any atom is 0.177 e. The fraction of sp³-hybridized carbons (Fsp3) is 0.833. The van der Waals surface area contributed by atoms with Crippen LogP contribution in [-0.2, 0) is 6.54 Å². The molecule has 1 rings (SSSR count). The molecule has 62 valence electrons. The molecular formula is C6H14N5+. The summed E-state index contributed by atoms with van der Waals surface area (Å²) in [6.07, 6.45) is 0. The van der Waals surface area contributed by atoms with E-state index in [1.807, 2.05) is 13.8 Å². The third-order valence-corrected chi connectivity index (χ3v) is 1.34. The van der Waals surface area contributed by atoms with Gasteiger partial charge in [-0.1, -0.05) is 13.8 Å². The average Bonchev–Trinajstić information content (AvgIpc) is 2.37. The highest BCUT2D eigenvalue weighted by Crippen LogP contribution is 2.04. The molecule has 1 heterocycles. The minimum atomic E-state index is 0.355. The summed E-state index contributed by atoms with van der Waals surface area (Å²) in [5, 5.41) is 11.9. The second-order valence-electron chi connectivity index (χ2n) is 2.75. The Bertz CT molecular complexity index is 217. The van der Waals surface area contributed by atoms with Gasteiger partial charge < -0.3 is 5.73 Å². The van der Waals surface area contributed by atoms with Crippen molar-refractivity contribution in [1.29, 1.82) is 0 Å². The number of tetrazole rings is 1. The monoisotopic (exact) mass is 156 g/mol. The van der Waals surface area contributed by atoms with Gasteiger partial charge in [0.05, 0.1) is 6.54 Å². The molecule has 1 aromatic rings. The summed E-state index contributed by atoms with van der Waals surface area (Å²) in [4.78, 5) is 1.59. The fourth-order valence-electron chi connectivity index (χ4n) is 0.723. The van der Waals surface area contributed by atoms with Crippen molar-refractivity contribution in [3.05, 3.63) is 5.82 Å². The van der Waals surface area contributed by atoms with Gasteiger partial charge in [0.15, 0.2) is 5.82 Å². The Morgan fingerprint density at radius 3 is 2.73 bits per heavy atom. The van der Waals surface area contributed by atoms with E-state index in [-0.39, 0.29) is 0 Å². The molecule has 0 amide bonds. The van der Waals surface area contributed by atoms with Crippen molar-refractivity contribution in [2.75, 3.05) is 6.54 Å². The lowest BCUT2D eigenvalue weighted by atomic mass is 10.2. The molecule has 0 fully saturated rings. The van der Waals surface area contributed by atoms with Crippen LogP contribution in [-0.4, -0.2) is 26.8 Å². The van der Waals surface area contributed by atoms with E-state index in [9.17, 15) is 0 Å². The zero-order valence-electron chi connectivity index (χ0n) is 6.99. The van der Waals surface area contributed by atoms with Crippen molar-refractivity contribution in [3.8, 4) is 0 Å². The normalized spacial score (nSPS) is 10.9. The molecule has 0 saturated heterocycles. The number of hydrogen-bond donors (Lipinski definition) is 1. The summed E-state index contributed by atoms with van der Waals surface area (Å²) >= 11 is 0. The zero-order chi connectivity index (χ0) is 8.27. The van der Waals surface area contributed by atoms with E-state index >= 15 is 0 Å². The van der Waals surface area contributed by atoms with Crippen molar-refractivity contribution < 1.29 is 5.73 Å². The number of aromatic nitrogens is 4. The standard InChI is InChI=1S/C6H13N5/c1-5(2)6-8-10-11(9-6)4-3-7/h5H,3-4,7H2,1-2H3/p+1. The van der Waals surface area contributed by atoms with Gasteiger partial charge in [-0.3, -0.25) is 0 Å². The molecule has 5 nitrogen and oxygen atoms in total. The maximum absolute atomic E-state index is 4.15. The maximum atomic E-state index is 4.15. The second-order valence-corrected chi connectivity index (χ2v) is 2.75. The van der Waals surface area contributed by atoms with Crippen molar-refractivity contribution in [2.24, 2.45) is 0 Å². The average molecular weight is 156 g/mol. The topological polar surface area (TPSA) is 71.2 Å². The Balaban J connectivity index is 2.66. The van der Waals surface area contributed by atoms with E-state index in [0.717, 1.165) is 18.9 Å². The van der Waals surface area contributed by atoms with Crippen LogP contribution >= 0.6 is 0 Å². The summed E-state index contributed by atoms with van der Waals surface area (Å²) in [5.74, 6) is 1.16. The van der Waals surface area contributed by atoms with Gasteiger partial charge in [-0.25, -0.2) is 0 Å². The number of quaternary nitrogens is 1. The molecule has 3 N–H and O–H groups in total. The van der Waals surface area contributed by atoms with Crippen molar-refractivity contribution in [2.45, 2.75) is 26.3 Å². The molecule has 0 spiro atoms. The van der Waals surface area contributed by atoms with Crippen LogP contribution in [0.25, 0.3) is 0 Å². The lowest BCUT2D eigenvalue weighted by Gasteiger charge is -1.93. The molecule has 0 aliphatic rings. The molecule has 0 aliphatic carbocycles. The minimum absolute atomic E-state index is 0.355. The number of hydrogen-bond acceptors (Lipinski definition) is 3. The van der Waals surface area contributed by atoms with Gasteiger partial charge in [0.2, 0.25) is 0 Å². The van der Waals surface area contributed by atoms with Gasteiger partial charge in [0.25, 0.3) is 0 Å². The van der Waals surface area contributed by atoms with E-state index in [4.69, 9.17) is 0 Å². The Hall–Kier alpha value is -0.970. The second kappa shape index (κ2) is 3.43. The first-order chi connectivity index (χ1) is 5.24. The molecule has 11 heavy (non-hydrogen) atoms. The van der Waals surface area contributed by atoms with Crippen LogP contribution in [0, 0.1) is 0 Å². The van der Waals surface area contributed by atoms with Gasteiger partial charge in [0, 0.05) is 5.92 Å². The highest BCUT2D eigenvalue weighted by Gasteiger charge is 2.05. The zero-order valence-corrected chi connectivity index (χ0v) is 6.99. The lowest BCUT2D eigenvalue weighted by molar-refractivity contribution is -0.370. The summed E-state index contributed by atoms with van der Waals surface area (Å²) in [6.45, 7) is 5.64. The van der Waals surface area contributed by atoms with Crippen molar-refractivity contribution in [3.63, 3.8) is 0 Å². The Labute approximate surface area is 65.6 Å². The summed E-state index contributed by atoms with van der Waals surface area (Å²) in [6, 6.07) is 0. The van der Waals surface area contributed by atoms with Crippen LogP contribution in [0.1, 0.15) is 25.6 Å². The van der Waals surface area contributed by atoms with Crippen molar-refractivity contribution >= 4 is 0 Å². The lowest BCUT2D eigenvalue weighted by Crippen LogP contribution is -2.52. The summed E-state index contributed by atoms with van der Waals surface area (Å²) in [7, 11) is 0. The molecule has 0 aliphatic heterocycles. The van der Waals surface area contributed by atoms with Crippen LogP contribution in [0.4, 0.5) is 0 Å². The first-order valence-corrected chi connectivity index (χ1v) is 3.81. The van der Waals surface area contributed by atoms with E-state index in [0.29, 0.717) is 5.92 Å². The van der Waals surface area contributed by atoms with Gasteiger partial charge in [0.1, 0.15) is 6.54 Å². The number of nitrogens with zero attached hydrogens (tertiary/aromatic N) is 4. The third kappa shape index (κ3) is 1.98. The van der Waals surface area contributed by atoms with Gasteiger partial charge in [-0.2, -0.15) is 4.80 Å². The van der Waals surface area contributed by atoms with Gasteiger partial charge in [-0.05, 0) is 5.21 Å². The Morgan fingerprint density at radius 2 is 2.27 bits per heavy atom. The quantitative estimate of drug-likeness (QED) is 0.612. The van der Waals surface area contributed by atoms with E-state index in [2.05, 4.69) is 21.1 Å². The van der Waals surface area contributed by atoms with Gasteiger partial charge in [-0.15, -0.1) is 10.2 Å². The molecule has 0 atom stereocenters. The van der Waals surface area contributed by atoms with E-state index in [1.165, 1.54) is 0 Å². The predicted octanol–water partition coefficient (Wildman–Crippen LogP) is -0.962. The molecule has 1 aromatic heterocycles. The minimum Gasteiger partial charge on any atom is -0.356 e. The van der Waals surface area contributed by atoms with Crippen LogP contribution in [0.15, 0.2) is 0 Å². The third-order valence-electron chi connectivity index (χ3n) is 1.34. The summed E-state index contributed by atoms with van der Waals surface area (Å²) < 4.78 is 0. The van der Waals surface area contributed by atoms with E-state index < -0.39 is 0 Å². The molecular weight excluding hydrogens is 142 g/mol. The van der Waals surface area contributed by atoms with Crippen molar-refractivity contribution in [1.82, 2.24) is 20.2 Å². The predicted molar refractivity (Wildman–Crippen MR) is 39.7 cm³/mol. The number of rotatable bonds is 3. The fourth-order valence-corrected chi connectivity index (χ4v) is 0.723. The Kier molecular flexibility index (Phi) is 2.53. The molecule has 0 unspecified atom stereocenters. The van der Waals surface area contributed by atoms with Crippen LogP contribution in [0.5, 0.6) is 0 Å². The molecule has 0 bridgehead atoms. The SMILES string of the molecule is CC(C)c1nnn(CC[NH3+])n1. The smallest absolute Gasteiger partial charge is 0.177 e. The van der Waals surface area contributed by atoms with Crippen LogP contribution in [0.2, 0.25) is 0 Å². The molecule has 0 aromatic carbocycles. The first kappa shape index (κ1) is 8.13. The van der Waals surface area contributed by atoms with Crippen LogP contribution in [0.3, 0.4) is 0 Å². The molecule has 0 radical (unpaired) electrons. The highest BCUT2D eigenvalue weighted by molar-refractivity contribution is 4.84. The van der Waals surface area contributed by atoms with E-state index in [1.54, 1.807) is 4.80 Å².